The lowest BCUT2D eigenvalue weighted by atomic mass is 9.99. The molecular weight excluding hydrogens is 411 g/mol. The molecule has 32 heavy (non-hydrogen) atoms. The summed E-state index contributed by atoms with van der Waals surface area (Å²) in [5.74, 6) is 1.23. The van der Waals surface area contributed by atoms with E-state index in [1.54, 1.807) is 36.9 Å². The van der Waals surface area contributed by atoms with Crippen LogP contribution in [0.3, 0.4) is 0 Å². The Bertz CT molecular complexity index is 1280. The van der Waals surface area contributed by atoms with Crippen LogP contribution in [-0.2, 0) is 4.74 Å². The molecule has 1 aromatic carbocycles. The van der Waals surface area contributed by atoms with E-state index in [1.807, 2.05) is 13.0 Å². The molecule has 1 saturated heterocycles. The average molecular weight is 432 g/mol. The molecule has 4 aromatic rings. The van der Waals surface area contributed by atoms with E-state index in [-0.39, 0.29) is 5.69 Å². The first-order chi connectivity index (χ1) is 15.6. The molecule has 3 N–H and O–H groups in total. The summed E-state index contributed by atoms with van der Waals surface area (Å²) in [6.07, 6.45) is 6.64. The predicted molar refractivity (Wildman–Crippen MR) is 120 cm³/mol. The Balaban J connectivity index is 1.45. The van der Waals surface area contributed by atoms with Crippen LogP contribution in [-0.4, -0.2) is 51.5 Å². The van der Waals surface area contributed by atoms with Crippen molar-refractivity contribution in [2.24, 2.45) is 0 Å². The van der Waals surface area contributed by atoms with Crippen LogP contribution >= 0.6 is 0 Å². The molecule has 1 aliphatic rings. The van der Waals surface area contributed by atoms with E-state index in [0.717, 1.165) is 24.5 Å². The summed E-state index contributed by atoms with van der Waals surface area (Å²) >= 11 is 0. The summed E-state index contributed by atoms with van der Waals surface area (Å²) < 4.78 is 20.3. The van der Waals surface area contributed by atoms with Gasteiger partial charge >= 0.3 is 0 Å². The van der Waals surface area contributed by atoms with Gasteiger partial charge < -0.3 is 20.7 Å². The third-order valence-corrected chi connectivity index (χ3v) is 5.41. The molecule has 162 valence electrons. The normalized spacial score (nSPS) is 14.0. The number of hydrogen-bond donors (Lipinski definition) is 2. The highest BCUT2D eigenvalue weighted by Gasteiger charge is 2.17. The summed E-state index contributed by atoms with van der Waals surface area (Å²) in [5.41, 5.74) is 8.24. The number of nitrogens with one attached hydrogen (secondary N) is 1. The molecule has 4 heterocycles. The number of nitrogens with two attached hydrogens (primary N) is 1. The number of hydrogen-bond acceptors (Lipinski definition) is 9. The smallest absolute Gasteiger partial charge is 0.156 e. The van der Waals surface area contributed by atoms with E-state index < -0.39 is 5.82 Å². The first-order valence-electron chi connectivity index (χ1n) is 10.2. The number of rotatable bonds is 4. The van der Waals surface area contributed by atoms with Gasteiger partial charge in [-0.25, -0.2) is 14.4 Å². The summed E-state index contributed by atoms with van der Waals surface area (Å²) in [4.78, 5) is 15.1. The Hall–Kier alpha value is -3.92. The van der Waals surface area contributed by atoms with Gasteiger partial charge in [-0.1, -0.05) is 0 Å². The number of fused-ring (bicyclic) bond motifs is 1. The molecule has 0 radical (unpaired) electrons. The van der Waals surface area contributed by atoms with Crippen LogP contribution < -0.4 is 16.0 Å². The molecule has 5 rings (SSSR count). The minimum absolute atomic E-state index is 0.0468. The first kappa shape index (κ1) is 20.0. The highest BCUT2D eigenvalue weighted by atomic mass is 19.1. The van der Waals surface area contributed by atoms with Gasteiger partial charge in [0.25, 0.3) is 0 Å². The monoisotopic (exact) mass is 432 g/mol. The molecule has 0 spiro atoms. The van der Waals surface area contributed by atoms with Crippen LogP contribution in [0.1, 0.15) is 5.56 Å². The molecule has 0 amide bonds. The molecule has 0 bridgehead atoms. The number of pyridine rings is 1. The quantitative estimate of drug-likeness (QED) is 0.469. The van der Waals surface area contributed by atoms with Gasteiger partial charge in [-0.2, -0.15) is 0 Å². The SMILES string of the molecule is Cc1ccncc1-c1cc2cc(Nc3cnc(N4CCOCC4)cn3)nnc2c(N)c1F. The van der Waals surface area contributed by atoms with E-state index in [1.165, 1.54) is 0 Å². The zero-order valence-electron chi connectivity index (χ0n) is 17.4. The fourth-order valence-corrected chi connectivity index (χ4v) is 3.67. The van der Waals surface area contributed by atoms with Crippen molar-refractivity contribution in [1.82, 2.24) is 25.1 Å². The van der Waals surface area contributed by atoms with E-state index in [9.17, 15) is 4.39 Å². The summed E-state index contributed by atoms with van der Waals surface area (Å²) in [7, 11) is 0. The Morgan fingerprint density at radius 2 is 1.88 bits per heavy atom. The molecule has 0 saturated carbocycles. The molecular formula is C22H21FN8O. The van der Waals surface area contributed by atoms with Gasteiger partial charge in [-0.05, 0) is 30.7 Å². The van der Waals surface area contributed by atoms with Gasteiger partial charge in [0, 0.05) is 42.0 Å². The number of benzene rings is 1. The number of morpholine rings is 1. The minimum atomic E-state index is -0.534. The minimum Gasteiger partial charge on any atom is -0.395 e. The lowest BCUT2D eigenvalue weighted by Crippen LogP contribution is -2.36. The standard InChI is InChI=1S/C22H21FN8O/c1-13-2-3-25-10-16(13)15-8-14-9-17(29-30-22(14)21(24)20(15)23)28-18-11-27-19(12-26-18)31-4-6-32-7-5-31/h2-3,8-12H,4-7,24H2,1H3,(H,26,28,29). The van der Waals surface area contributed by atoms with Gasteiger partial charge in [0.15, 0.2) is 11.6 Å². The third kappa shape index (κ3) is 3.76. The second-order valence-corrected chi connectivity index (χ2v) is 7.49. The Morgan fingerprint density at radius 3 is 2.62 bits per heavy atom. The zero-order valence-corrected chi connectivity index (χ0v) is 17.4. The zero-order chi connectivity index (χ0) is 22.1. The van der Waals surface area contributed by atoms with Crippen molar-refractivity contribution in [3.8, 4) is 11.1 Å². The lowest BCUT2D eigenvalue weighted by molar-refractivity contribution is 0.122. The van der Waals surface area contributed by atoms with Gasteiger partial charge in [0.1, 0.15) is 17.2 Å². The van der Waals surface area contributed by atoms with Gasteiger partial charge in [-0.15, -0.1) is 10.2 Å². The van der Waals surface area contributed by atoms with Gasteiger partial charge in [-0.3, -0.25) is 4.98 Å². The van der Waals surface area contributed by atoms with Crippen LogP contribution in [0, 0.1) is 12.7 Å². The molecule has 0 atom stereocenters. The molecule has 1 fully saturated rings. The van der Waals surface area contributed by atoms with Crippen molar-refractivity contribution < 1.29 is 9.13 Å². The summed E-state index contributed by atoms with van der Waals surface area (Å²) in [6, 6.07) is 5.29. The Morgan fingerprint density at radius 1 is 1.03 bits per heavy atom. The van der Waals surface area contributed by atoms with Crippen molar-refractivity contribution >= 4 is 34.0 Å². The van der Waals surface area contributed by atoms with Gasteiger partial charge in [0.2, 0.25) is 0 Å². The van der Waals surface area contributed by atoms with Crippen LogP contribution in [0.15, 0.2) is 43.0 Å². The molecule has 10 heteroatoms. The molecule has 3 aromatic heterocycles. The lowest BCUT2D eigenvalue weighted by Gasteiger charge is -2.27. The van der Waals surface area contributed by atoms with Crippen molar-refractivity contribution in [2.45, 2.75) is 6.92 Å². The molecule has 1 aliphatic heterocycles. The molecule has 0 unspecified atom stereocenters. The topological polar surface area (TPSA) is 115 Å². The number of halogens is 1. The Labute approximate surface area is 183 Å². The summed E-state index contributed by atoms with van der Waals surface area (Å²) in [5, 5.41) is 12.0. The maximum absolute atomic E-state index is 15.0. The predicted octanol–water partition coefficient (Wildman–Crippen LogP) is 3.09. The van der Waals surface area contributed by atoms with Crippen molar-refractivity contribution in [3.05, 3.63) is 54.4 Å². The second-order valence-electron chi connectivity index (χ2n) is 7.49. The van der Waals surface area contributed by atoms with Crippen LogP contribution in [0.25, 0.3) is 22.0 Å². The fraction of sp³-hybridized carbons (Fsp3) is 0.227. The van der Waals surface area contributed by atoms with E-state index in [2.05, 4.69) is 35.4 Å². The maximum Gasteiger partial charge on any atom is 0.156 e. The van der Waals surface area contributed by atoms with Gasteiger partial charge in [0.05, 0.1) is 31.3 Å². The van der Waals surface area contributed by atoms with Crippen LogP contribution in [0.5, 0.6) is 0 Å². The van der Waals surface area contributed by atoms with E-state index in [0.29, 0.717) is 46.9 Å². The first-order valence-corrected chi connectivity index (χ1v) is 10.2. The number of nitrogens with zero attached hydrogens (tertiary/aromatic N) is 6. The van der Waals surface area contributed by atoms with Crippen molar-refractivity contribution in [2.75, 3.05) is 42.3 Å². The number of aryl methyl sites for hydroxylation is 1. The average Bonchev–Trinajstić information content (AvgIpc) is 2.83. The van der Waals surface area contributed by atoms with Crippen LogP contribution in [0.4, 0.5) is 27.5 Å². The number of ether oxygens (including phenoxy) is 1. The van der Waals surface area contributed by atoms with E-state index in [4.69, 9.17) is 10.5 Å². The fourth-order valence-electron chi connectivity index (χ4n) is 3.67. The van der Waals surface area contributed by atoms with E-state index >= 15 is 0 Å². The largest absolute Gasteiger partial charge is 0.395 e. The third-order valence-electron chi connectivity index (χ3n) is 5.41. The number of nitrogen functional groups attached to an aromatic ring is 1. The number of anilines is 4. The van der Waals surface area contributed by atoms with Crippen LogP contribution in [0.2, 0.25) is 0 Å². The molecule has 0 aliphatic carbocycles. The van der Waals surface area contributed by atoms with Crippen molar-refractivity contribution in [3.63, 3.8) is 0 Å². The highest BCUT2D eigenvalue weighted by Crippen LogP contribution is 2.34. The van der Waals surface area contributed by atoms with Crippen molar-refractivity contribution in [1.29, 1.82) is 0 Å². The Kier molecular flexibility index (Phi) is 5.20. The summed E-state index contributed by atoms with van der Waals surface area (Å²) in [6.45, 7) is 4.83. The highest BCUT2D eigenvalue weighted by molar-refractivity contribution is 5.95. The number of aromatic nitrogens is 5. The second kappa shape index (κ2) is 8.31. The molecule has 9 nitrogen and oxygen atoms in total. The maximum atomic E-state index is 15.0.